The second-order valence-electron chi connectivity index (χ2n) is 8.68. The first-order valence-corrected chi connectivity index (χ1v) is 14.5. The average Bonchev–Trinajstić information content (AvgIpc) is 2.78. The third-order valence-corrected chi connectivity index (χ3v) is 10.8. The van der Waals surface area contributed by atoms with Crippen LogP contribution >= 0.6 is 0 Å². The average molecular weight is 441 g/mol. The lowest BCUT2D eigenvalue weighted by Crippen LogP contribution is -2.38. The number of amides is 1. The molecule has 0 atom stereocenters. The molecule has 1 amide bonds. The van der Waals surface area contributed by atoms with Gasteiger partial charge in [0.05, 0.1) is 12.3 Å². The van der Waals surface area contributed by atoms with Crippen LogP contribution < -0.4 is 5.73 Å². The smallest absolute Gasteiger partial charge is 0.249 e. The molecular weight excluding hydrogens is 400 g/mol. The Morgan fingerprint density at radius 2 is 1.48 bits per heavy atom. The van der Waals surface area contributed by atoms with Crippen molar-refractivity contribution in [2.24, 2.45) is 5.73 Å². The van der Waals surface area contributed by atoms with Gasteiger partial charge >= 0.3 is 0 Å². The maximum Gasteiger partial charge on any atom is 0.249 e. The van der Waals surface area contributed by atoms with Gasteiger partial charge in [0.15, 0.2) is 8.32 Å². The fourth-order valence-corrected chi connectivity index (χ4v) is 8.83. The van der Waals surface area contributed by atoms with Crippen molar-refractivity contribution in [3.8, 4) is 11.3 Å². The lowest BCUT2D eigenvalue weighted by Gasteiger charge is -2.32. The molecule has 0 aliphatic heterocycles. The molecule has 0 spiro atoms. The predicted octanol–water partition coefficient (Wildman–Crippen LogP) is 7.02. The van der Waals surface area contributed by atoms with Crippen LogP contribution in [0.1, 0.15) is 80.8 Å². The van der Waals surface area contributed by atoms with E-state index in [1.54, 1.807) is 12.3 Å². The molecule has 170 valence electrons. The normalized spacial score (nSPS) is 11.6. The molecule has 0 saturated carbocycles. The summed E-state index contributed by atoms with van der Waals surface area (Å²) in [6.07, 6.45) is 9.19. The fourth-order valence-electron chi connectivity index (χ4n) is 4.18. The van der Waals surface area contributed by atoms with E-state index in [-0.39, 0.29) is 0 Å². The van der Waals surface area contributed by atoms with Crippen molar-refractivity contribution < 1.29 is 9.22 Å². The minimum atomic E-state index is -1.71. The number of unbranched alkanes of at least 4 members (excludes halogenated alkanes) is 3. The van der Waals surface area contributed by atoms with Crippen LogP contribution in [-0.2, 0) is 11.0 Å². The quantitative estimate of drug-likeness (QED) is 0.321. The van der Waals surface area contributed by atoms with Gasteiger partial charge in [0, 0.05) is 17.3 Å². The summed E-state index contributed by atoms with van der Waals surface area (Å²) >= 11 is 0. The van der Waals surface area contributed by atoms with E-state index in [1.807, 2.05) is 6.92 Å². The standard InChI is InChI=1S/C26H40N2O2Si/c1-5-8-17-31(18-9-6-2,19-10-7-3)30-20-22-11-13-23(14-12-22)25-21(4)24(26(27)29)15-16-28-25/h11-16H,5-10,17-20H2,1-4H3,(H2,27,29). The molecule has 2 rings (SSSR count). The van der Waals surface area contributed by atoms with Crippen LogP contribution in [0.25, 0.3) is 11.3 Å². The summed E-state index contributed by atoms with van der Waals surface area (Å²) in [5.74, 6) is -0.418. The highest BCUT2D eigenvalue weighted by Crippen LogP contribution is 2.31. The molecule has 1 aromatic heterocycles. The van der Waals surface area contributed by atoms with Crippen molar-refractivity contribution in [1.29, 1.82) is 0 Å². The van der Waals surface area contributed by atoms with Crippen molar-refractivity contribution >= 4 is 14.2 Å². The molecule has 31 heavy (non-hydrogen) atoms. The molecule has 5 heteroatoms. The van der Waals surface area contributed by atoms with E-state index < -0.39 is 14.2 Å². The van der Waals surface area contributed by atoms with E-state index in [9.17, 15) is 4.79 Å². The van der Waals surface area contributed by atoms with Gasteiger partial charge in [-0.2, -0.15) is 0 Å². The van der Waals surface area contributed by atoms with Crippen LogP contribution in [0.15, 0.2) is 36.5 Å². The van der Waals surface area contributed by atoms with Crippen LogP contribution in [-0.4, -0.2) is 19.2 Å². The van der Waals surface area contributed by atoms with Crippen LogP contribution in [0.3, 0.4) is 0 Å². The Labute approximate surface area is 189 Å². The largest absolute Gasteiger partial charge is 0.413 e. The minimum Gasteiger partial charge on any atom is -0.413 e. The third-order valence-electron chi connectivity index (χ3n) is 6.20. The second kappa shape index (κ2) is 12.8. The highest BCUT2D eigenvalue weighted by molar-refractivity contribution is 6.73. The van der Waals surface area contributed by atoms with Crippen LogP contribution in [0.4, 0.5) is 0 Å². The summed E-state index contributed by atoms with van der Waals surface area (Å²) in [6, 6.07) is 13.9. The highest BCUT2D eigenvalue weighted by atomic mass is 28.4. The number of nitrogens with zero attached hydrogens (tertiary/aromatic N) is 1. The first-order valence-electron chi connectivity index (χ1n) is 11.9. The van der Waals surface area contributed by atoms with Crippen molar-refractivity contribution in [2.45, 2.75) is 91.0 Å². The van der Waals surface area contributed by atoms with Crippen molar-refractivity contribution in [3.63, 3.8) is 0 Å². The van der Waals surface area contributed by atoms with Gasteiger partial charge in [-0.3, -0.25) is 9.78 Å². The van der Waals surface area contributed by atoms with Crippen molar-refractivity contribution in [1.82, 2.24) is 4.98 Å². The molecule has 4 nitrogen and oxygen atoms in total. The lowest BCUT2D eigenvalue weighted by atomic mass is 10.0. The van der Waals surface area contributed by atoms with E-state index in [0.717, 1.165) is 16.8 Å². The molecule has 2 N–H and O–H groups in total. The van der Waals surface area contributed by atoms with Gasteiger partial charge < -0.3 is 10.2 Å². The monoisotopic (exact) mass is 440 g/mol. The number of nitrogens with two attached hydrogens (primary N) is 1. The van der Waals surface area contributed by atoms with Crippen LogP contribution in [0.5, 0.6) is 0 Å². The predicted molar refractivity (Wildman–Crippen MR) is 133 cm³/mol. The second-order valence-corrected chi connectivity index (χ2v) is 12.8. The van der Waals surface area contributed by atoms with Gasteiger partial charge in [-0.25, -0.2) is 0 Å². The maximum atomic E-state index is 11.6. The zero-order valence-electron chi connectivity index (χ0n) is 19.9. The Bertz CT molecular complexity index is 799. The summed E-state index contributed by atoms with van der Waals surface area (Å²) < 4.78 is 6.80. The number of carbonyl (C=O) groups is 1. The zero-order chi connectivity index (χ0) is 22.7. The van der Waals surface area contributed by atoms with Gasteiger partial charge in [0.25, 0.3) is 0 Å². The van der Waals surface area contributed by atoms with Gasteiger partial charge in [-0.05, 0) is 42.2 Å². The molecule has 0 aliphatic rings. The van der Waals surface area contributed by atoms with Crippen LogP contribution in [0.2, 0.25) is 18.1 Å². The fraction of sp³-hybridized carbons (Fsp3) is 0.538. The van der Waals surface area contributed by atoms with Crippen LogP contribution in [0, 0.1) is 6.92 Å². The number of hydrogen-bond acceptors (Lipinski definition) is 3. The summed E-state index contributed by atoms with van der Waals surface area (Å²) in [5.41, 5.74) is 9.84. The first kappa shape index (κ1) is 25.3. The number of hydrogen-bond donors (Lipinski definition) is 1. The number of primary amides is 1. The Balaban J connectivity index is 2.16. The number of rotatable bonds is 14. The van der Waals surface area contributed by atoms with E-state index in [0.29, 0.717) is 12.2 Å². The Kier molecular flexibility index (Phi) is 10.4. The molecule has 0 fully saturated rings. The van der Waals surface area contributed by atoms with Crippen molar-refractivity contribution in [3.05, 3.63) is 53.2 Å². The molecule has 0 aliphatic carbocycles. The van der Waals surface area contributed by atoms with E-state index in [4.69, 9.17) is 10.2 Å². The lowest BCUT2D eigenvalue weighted by molar-refractivity contribution is 0.0999. The zero-order valence-corrected chi connectivity index (χ0v) is 20.9. The van der Waals surface area contributed by atoms with E-state index in [1.165, 1.54) is 62.2 Å². The number of benzene rings is 1. The molecule has 0 unspecified atom stereocenters. The Hall–Kier alpha value is -1.98. The topological polar surface area (TPSA) is 65.2 Å². The van der Waals surface area contributed by atoms with Gasteiger partial charge in [-0.1, -0.05) is 83.6 Å². The SMILES string of the molecule is CCCC[Si](CCCC)(CCCC)OCc1ccc(-c2nccc(C(N)=O)c2C)cc1. The molecule has 0 saturated heterocycles. The molecule has 1 heterocycles. The van der Waals surface area contributed by atoms with Gasteiger partial charge in [0.1, 0.15) is 0 Å². The van der Waals surface area contributed by atoms with E-state index in [2.05, 4.69) is 50.0 Å². The van der Waals surface area contributed by atoms with E-state index >= 15 is 0 Å². The third kappa shape index (κ3) is 7.29. The number of aromatic nitrogens is 1. The first-order chi connectivity index (χ1) is 15.0. The molecule has 1 aromatic carbocycles. The summed E-state index contributed by atoms with van der Waals surface area (Å²) in [4.78, 5) is 16.1. The molecule has 2 aromatic rings. The Morgan fingerprint density at radius 1 is 0.935 bits per heavy atom. The minimum absolute atomic E-state index is 0.418. The molecule has 0 bridgehead atoms. The highest BCUT2D eigenvalue weighted by Gasteiger charge is 2.33. The molecular formula is C26H40N2O2Si. The Morgan fingerprint density at radius 3 is 1.97 bits per heavy atom. The van der Waals surface area contributed by atoms with Crippen molar-refractivity contribution in [2.75, 3.05) is 0 Å². The number of carbonyl (C=O) groups excluding carboxylic acids is 1. The summed E-state index contributed by atoms with van der Waals surface area (Å²) in [5, 5.41) is 0. The number of pyridine rings is 1. The molecule has 0 radical (unpaired) electrons. The van der Waals surface area contributed by atoms with Gasteiger partial charge in [-0.15, -0.1) is 0 Å². The summed E-state index contributed by atoms with van der Waals surface area (Å²) in [7, 11) is -1.71. The van der Waals surface area contributed by atoms with Gasteiger partial charge in [0.2, 0.25) is 5.91 Å². The maximum absolute atomic E-state index is 11.6. The summed E-state index contributed by atoms with van der Waals surface area (Å²) in [6.45, 7) is 9.42.